The molecule has 2 aromatic rings. The molecule has 0 aliphatic heterocycles. The molecule has 0 spiro atoms. The first-order chi connectivity index (χ1) is 18.3. The van der Waals surface area contributed by atoms with Crippen LogP contribution in [-0.4, -0.2) is 59.8 Å². The number of carboxylic acid groups (broad SMARTS) is 1. The number of halogens is 4. The molecule has 210 valence electrons. The maximum Gasteiger partial charge on any atom is 0.309 e. The van der Waals surface area contributed by atoms with E-state index in [9.17, 15) is 41.5 Å². The number of aryl methyl sites for hydroxylation is 1. The Hall–Kier alpha value is -4.49. The molecule has 0 radical (unpaired) electrons. The predicted molar refractivity (Wildman–Crippen MR) is 126 cm³/mol. The molecule has 0 saturated heterocycles. The Morgan fingerprint density at radius 3 is 2.15 bits per heavy atom. The van der Waals surface area contributed by atoms with Gasteiger partial charge >= 0.3 is 17.8 Å². The number of hydrogen-bond acceptors (Lipinski definition) is 6. The van der Waals surface area contributed by atoms with Crippen LogP contribution in [0.15, 0.2) is 30.3 Å². The molecule has 14 heteroatoms. The first-order valence-electron chi connectivity index (χ1n) is 11.5. The SMILES string of the molecule is Cc1ccccc1CCNC(=O)C(=O)N[C@@H](C)C(=O)N[C@@H](CC(=O)O)C(=O)COc1c(F)c(F)cc(F)c1F. The number of carbonyl (C=O) groups is 5. The number of benzene rings is 2. The number of Topliss-reactive ketones (excluding diaryl/α,β-unsaturated/α-hetero) is 1. The lowest BCUT2D eigenvalue weighted by Gasteiger charge is -2.20. The summed E-state index contributed by atoms with van der Waals surface area (Å²) in [7, 11) is 0. The minimum atomic E-state index is -1.92. The zero-order valence-corrected chi connectivity index (χ0v) is 20.8. The molecule has 0 heterocycles. The number of carbonyl (C=O) groups excluding carboxylic acids is 4. The fourth-order valence-electron chi connectivity index (χ4n) is 3.25. The van der Waals surface area contributed by atoms with E-state index in [4.69, 9.17) is 5.11 Å². The van der Waals surface area contributed by atoms with Crippen molar-refractivity contribution in [2.45, 2.75) is 38.8 Å². The van der Waals surface area contributed by atoms with Crippen molar-refractivity contribution < 1.29 is 51.4 Å². The second-order valence-electron chi connectivity index (χ2n) is 8.34. The van der Waals surface area contributed by atoms with Crippen LogP contribution in [0.3, 0.4) is 0 Å². The predicted octanol–water partition coefficient (Wildman–Crippen LogP) is 1.32. The molecular formula is C25H25F4N3O7. The quantitative estimate of drug-likeness (QED) is 0.175. The summed E-state index contributed by atoms with van der Waals surface area (Å²) in [5, 5.41) is 15.5. The number of nitrogens with one attached hydrogen (secondary N) is 3. The largest absolute Gasteiger partial charge is 0.481 e. The number of aliphatic carboxylic acids is 1. The summed E-state index contributed by atoms with van der Waals surface area (Å²) in [6, 6.07) is 4.10. The highest BCUT2D eigenvalue weighted by Gasteiger charge is 2.29. The molecule has 0 aliphatic carbocycles. The second-order valence-corrected chi connectivity index (χ2v) is 8.34. The molecule has 0 unspecified atom stereocenters. The van der Waals surface area contributed by atoms with Gasteiger partial charge in [0.15, 0.2) is 23.2 Å². The van der Waals surface area contributed by atoms with Gasteiger partial charge in [-0.05, 0) is 31.4 Å². The lowest BCUT2D eigenvalue weighted by atomic mass is 10.1. The molecule has 0 saturated carbocycles. The first-order valence-corrected chi connectivity index (χ1v) is 11.5. The molecule has 0 aliphatic rings. The maximum absolute atomic E-state index is 13.7. The van der Waals surface area contributed by atoms with E-state index < -0.39 is 83.6 Å². The fraction of sp³-hybridized carbons (Fsp3) is 0.320. The fourth-order valence-corrected chi connectivity index (χ4v) is 3.25. The zero-order chi connectivity index (χ0) is 29.3. The van der Waals surface area contributed by atoms with E-state index >= 15 is 0 Å². The average molecular weight is 555 g/mol. The number of rotatable bonds is 12. The molecule has 4 N–H and O–H groups in total. The van der Waals surface area contributed by atoms with Crippen LogP contribution < -0.4 is 20.7 Å². The van der Waals surface area contributed by atoms with Gasteiger partial charge in [-0.15, -0.1) is 0 Å². The van der Waals surface area contributed by atoms with Crippen molar-refractivity contribution in [3.05, 3.63) is 64.7 Å². The molecule has 2 atom stereocenters. The Balaban J connectivity index is 1.94. The number of ketones is 1. The Kier molecular flexibility index (Phi) is 10.9. The topological polar surface area (TPSA) is 151 Å². The number of amides is 3. The third-order valence-electron chi connectivity index (χ3n) is 5.40. The minimum Gasteiger partial charge on any atom is -0.481 e. The van der Waals surface area contributed by atoms with Gasteiger partial charge in [-0.1, -0.05) is 24.3 Å². The van der Waals surface area contributed by atoms with Crippen molar-refractivity contribution in [1.29, 1.82) is 0 Å². The van der Waals surface area contributed by atoms with Crippen molar-refractivity contribution in [3.8, 4) is 5.75 Å². The minimum absolute atomic E-state index is 0.0764. The summed E-state index contributed by atoms with van der Waals surface area (Å²) in [6.45, 7) is 1.89. The summed E-state index contributed by atoms with van der Waals surface area (Å²) in [6.07, 6.45) is -0.560. The Bertz CT molecular complexity index is 1250. The number of hydrogen-bond donors (Lipinski definition) is 4. The molecule has 0 aromatic heterocycles. The average Bonchev–Trinajstić information content (AvgIpc) is 2.87. The smallest absolute Gasteiger partial charge is 0.309 e. The van der Waals surface area contributed by atoms with E-state index in [-0.39, 0.29) is 12.6 Å². The van der Waals surface area contributed by atoms with Gasteiger partial charge in [-0.25, -0.2) is 8.78 Å². The lowest BCUT2D eigenvalue weighted by Crippen LogP contribution is -2.53. The summed E-state index contributed by atoms with van der Waals surface area (Å²) in [5.41, 5.74) is 1.95. The monoisotopic (exact) mass is 555 g/mol. The van der Waals surface area contributed by atoms with E-state index in [0.717, 1.165) is 18.1 Å². The summed E-state index contributed by atoms with van der Waals surface area (Å²) >= 11 is 0. The molecule has 0 bridgehead atoms. The van der Waals surface area contributed by atoms with Crippen molar-refractivity contribution >= 4 is 29.5 Å². The van der Waals surface area contributed by atoms with E-state index in [0.29, 0.717) is 6.42 Å². The summed E-state index contributed by atoms with van der Waals surface area (Å²) in [4.78, 5) is 60.2. The zero-order valence-electron chi connectivity index (χ0n) is 20.8. The van der Waals surface area contributed by atoms with E-state index in [1.54, 1.807) is 0 Å². The van der Waals surface area contributed by atoms with Crippen LogP contribution in [0, 0.1) is 30.2 Å². The van der Waals surface area contributed by atoms with Gasteiger partial charge in [0, 0.05) is 12.6 Å². The van der Waals surface area contributed by atoms with E-state index in [2.05, 4.69) is 15.4 Å². The number of ether oxygens (including phenoxy) is 1. The molecule has 3 amide bonds. The van der Waals surface area contributed by atoms with Crippen LogP contribution in [0.4, 0.5) is 17.6 Å². The van der Waals surface area contributed by atoms with Crippen LogP contribution in [-0.2, 0) is 30.4 Å². The highest BCUT2D eigenvalue weighted by molar-refractivity contribution is 6.35. The number of carboxylic acids is 1. The van der Waals surface area contributed by atoms with Crippen LogP contribution in [0.2, 0.25) is 0 Å². The van der Waals surface area contributed by atoms with E-state index in [1.165, 1.54) is 0 Å². The molecular weight excluding hydrogens is 530 g/mol. The third kappa shape index (κ3) is 8.79. The Morgan fingerprint density at radius 1 is 0.949 bits per heavy atom. The highest BCUT2D eigenvalue weighted by Crippen LogP contribution is 2.26. The van der Waals surface area contributed by atoms with Crippen LogP contribution in [0.1, 0.15) is 24.5 Å². The van der Waals surface area contributed by atoms with Gasteiger partial charge in [0.1, 0.15) is 18.7 Å². The Labute approximate surface area is 219 Å². The normalized spacial score (nSPS) is 12.2. The highest BCUT2D eigenvalue weighted by atomic mass is 19.2. The summed E-state index contributed by atoms with van der Waals surface area (Å²) in [5.74, 6) is -15.1. The molecule has 0 fully saturated rings. The first kappa shape index (κ1) is 30.7. The molecule has 2 rings (SSSR count). The van der Waals surface area contributed by atoms with Crippen molar-refractivity contribution in [1.82, 2.24) is 16.0 Å². The van der Waals surface area contributed by atoms with Crippen LogP contribution >= 0.6 is 0 Å². The lowest BCUT2D eigenvalue weighted by molar-refractivity contribution is -0.141. The molecule has 39 heavy (non-hydrogen) atoms. The van der Waals surface area contributed by atoms with Gasteiger partial charge < -0.3 is 25.8 Å². The van der Waals surface area contributed by atoms with Gasteiger partial charge in [-0.3, -0.25) is 24.0 Å². The molecule has 10 nitrogen and oxygen atoms in total. The van der Waals surface area contributed by atoms with Crippen LogP contribution in [0.5, 0.6) is 5.75 Å². The van der Waals surface area contributed by atoms with Crippen LogP contribution in [0.25, 0.3) is 0 Å². The van der Waals surface area contributed by atoms with Crippen molar-refractivity contribution in [2.24, 2.45) is 0 Å². The molecule has 2 aromatic carbocycles. The van der Waals surface area contributed by atoms with Gasteiger partial charge in [0.25, 0.3) is 0 Å². The standard InChI is InChI=1S/C25H25F4N3O7/c1-12-5-3-4-6-14(12)7-8-30-24(37)25(38)31-13(2)23(36)32-17(10-19(34)35)18(33)11-39-22-20(28)15(26)9-16(27)21(22)29/h3-6,9,13,17H,7-8,10-11H2,1-2H3,(H,30,37)(H,31,38)(H,32,36)(H,34,35)/t13-,17-/m0/s1. The van der Waals surface area contributed by atoms with Crippen molar-refractivity contribution in [2.75, 3.05) is 13.2 Å². The maximum atomic E-state index is 13.7. The second kappa shape index (κ2) is 13.9. The third-order valence-corrected chi connectivity index (χ3v) is 5.40. The Morgan fingerprint density at radius 2 is 1.56 bits per heavy atom. The van der Waals surface area contributed by atoms with Gasteiger partial charge in [0.2, 0.25) is 17.5 Å². The van der Waals surface area contributed by atoms with E-state index in [1.807, 2.05) is 36.5 Å². The summed E-state index contributed by atoms with van der Waals surface area (Å²) < 4.78 is 58.6. The van der Waals surface area contributed by atoms with Gasteiger partial charge in [0.05, 0.1) is 6.42 Å². The van der Waals surface area contributed by atoms with Crippen molar-refractivity contribution in [3.63, 3.8) is 0 Å². The van der Waals surface area contributed by atoms with Gasteiger partial charge in [-0.2, -0.15) is 8.78 Å².